The minimum absolute atomic E-state index is 0.390. The van der Waals surface area contributed by atoms with E-state index in [1.165, 1.54) is 17.8 Å². The molecule has 3 heterocycles. The summed E-state index contributed by atoms with van der Waals surface area (Å²) in [6, 6.07) is 8.70. The number of hydrogen-bond acceptors (Lipinski definition) is 5. The standard InChI is InChI=1S/C16H8BrCl2N3O2S/c17-9-1-2-11-8(3-14(23)24-13(11)4-9)7-25-16-21-20-15-12(19)5-10(18)6-22(15)16/h1-6H,7H2. The van der Waals surface area contributed by atoms with Crippen LogP contribution in [0.1, 0.15) is 5.56 Å². The van der Waals surface area contributed by atoms with Gasteiger partial charge in [-0.15, -0.1) is 10.2 Å². The van der Waals surface area contributed by atoms with Crippen LogP contribution in [0.4, 0.5) is 0 Å². The van der Waals surface area contributed by atoms with Gasteiger partial charge >= 0.3 is 5.63 Å². The molecule has 0 radical (unpaired) electrons. The Kier molecular flexibility index (Phi) is 4.49. The van der Waals surface area contributed by atoms with Crippen molar-refractivity contribution in [3.05, 3.63) is 67.0 Å². The number of pyridine rings is 1. The summed E-state index contributed by atoms with van der Waals surface area (Å²) in [4.78, 5) is 11.8. The molecule has 0 N–H and O–H groups in total. The molecule has 0 aliphatic carbocycles. The van der Waals surface area contributed by atoms with Crippen LogP contribution >= 0.6 is 50.9 Å². The molecule has 0 fully saturated rings. The number of aromatic nitrogens is 3. The lowest BCUT2D eigenvalue weighted by molar-refractivity contribution is 0.559. The number of fused-ring (bicyclic) bond motifs is 2. The molecular weight excluding hydrogens is 449 g/mol. The number of hydrogen-bond donors (Lipinski definition) is 0. The van der Waals surface area contributed by atoms with Crippen LogP contribution < -0.4 is 5.63 Å². The van der Waals surface area contributed by atoms with Gasteiger partial charge in [0.15, 0.2) is 10.8 Å². The van der Waals surface area contributed by atoms with Crippen molar-refractivity contribution in [3.8, 4) is 0 Å². The number of thioether (sulfide) groups is 1. The molecule has 0 aliphatic heterocycles. The largest absolute Gasteiger partial charge is 0.423 e. The summed E-state index contributed by atoms with van der Waals surface area (Å²) in [5.41, 5.74) is 1.54. The fraction of sp³-hybridized carbons (Fsp3) is 0.0625. The molecular formula is C16H8BrCl2N3O2S. The predicted molar refractivity (Wildman–Crippen MR) is 103 cm³/mol. The maximum Gasteiger partial charge on any atom is 0.336 e. The lowest BCUT2D eigenvalue weighted by atomic mass is 10.1. The Morgan fingerprint density at radius 2 is 2.04 bits per heavy atom. The Morgan fingerprint density at radius 1 is 1.20 bits per heavy atom. The molecule has 126 valence electrons. The van der Waals surface area contributed by atoms with Crippen LogP contribution in [0.15, 0.2) is 55.4 Å². The normalized spacial score (nSPS) is 11.5. The second kappa shape index (κ2) is 6.64. The molecule has 0 atom stereocenters. The highest BCUT2D eigenvalue weighted by Crippen LogP contribution is 2.29. The van der Waals surface area contributed by atoms with Crippen LogP contribution in [-0.2, 0) is 5.75 Å². The van der Waals surface area contributed by atoms with Crippen LogP contribution in [0.2, 0.25) is 10.0 Å². The summed E-state index contributed by atoms with van der Waals surface area (Å²) >= 11 is 17.0. The van der Waals surface area contributed by atoms with Gasteiger partial charge in [0.05, 0.1) is 10.0 Å². The van der Waals surface area contributed by atoms with Crippen molar-refractivity contribution in [1.29, 1.82) is 0 Å². The van der Waals surface area contributed by atoms with Crippen molar-refractivity contribution in [1.82, 2.24) is 14.6 Å². The summed E-state index contributed by atoms with van der Waals surface area (Å²) in [6.45, 7) is 0. The second-order valence-corrected chi connectivity index (χ2v) is 7.90. The first-order valence-corrected chi connectivity index (χ1v) is 9.59. The molecule has 0 unspecified atom stereocenters. The van der Waals surface area contributed by atoms with Crippen molar-refractivity contribution in [2.45, 2.75) is 10.9 Å². The van der Waals surface area contributed by atoms with Crippen LogP contribution in [0, 0.1) is 0 Å². The van der Waals surface area contributed by atoms with E-state index >= 15 is 0 Å². The third-order valence-corrected chi connectivity index (χ3v) is 5.51. The average molecular weight is 457 g/mol. The second-order valence-electron chi connectivity index (χ2n) is 5.20. The highest BCUT2D eigenvalue weighted by molar-refractivity contribution is 9.10. The number of nitrogens with zero attached hydrogens (tertiary/aromatic N) is 3. The van der Waals surface area contributed by atoms with Gasteiger partial charge in [-0.25, -0.2) is 4.79 Å². The Morgan fingerprint density at radius 3 is 2.88 bits per heavy atom. The fourth-order valence-electron chi connectivity index (χ4n) is 2.47. The zero-order chi connectivity index (χ0) is 17.6. The van der Waals surface area contributed by atoms with E-state index in [4.69, 9.17) is 27.6 Å². The van der Waals surface area contributed by atoms with Crippen molar-refractivity contribution >= 4 is 67.5 Å². The third-order valence-electron chi connectivity index (χ3n) is 3.54. The molecule has 0 bridgehead atoms. The molecule has 9 heteroatoms. The molecule has 5 nitrogen and oxygen atoms in total. The zero-order valence-electron chi connectivity index (χ0n) is 12.4. The Bertz CT molecular complexity index is 1180. The molecule has 0 saturated heterocycles. The van der Waals surface area contributed by atoms with Gasteiger partial charge in [-0.2, -0.15) is 0 Å². The first-order chi connectivity index (χ1) is 12.0. The molecule has 25 heavy (non-hydrogen) atoms. The van der Waals surface area contributed by atoms with Crippen LogP contribution in [-0.4, -0.2) is 14.6 Å². The maximum absolute atomic E-state index is 11.8. The highest BCUT2D eigenvalue weighted by atomic mass is 79.9. The van der Waals surface area contributed by atoms with Gasteiger partial charge in [0.25, 0.3) is 0 Å². The molecule has 0 saturated carbocycles. The average Bonchev–Trinajstić information content (AvgIpc) is 2.95. The quantitative estimate of drug-likeness (QED) is 0.313. The summed E-state index contributed by atoms with van der Waals surface area (Å²) in [5.74, 6) is 0.522. The summed E-state index contributed by atoms with van der Waals surface area (Å²) in [5, 5.41) is 10.7. The van der Waals surface area contributed by atoms with E-state index in [1.54, 1.807) is 22.7 Å². The molecule has 4 aromatic rings. The van der Waals surface area contributed by atoms with Gasteiger partial charge in [-0.3, -0.25) is 4.40 Å². The van der Waals surface area contributed by atoms with Gasteiger partial charge in [-0.1, -0.05) is 50.9 Å². The number of rotatable bonds is 3. The van der Waals surface area contributed by atoms with Gasteiger partial charge in [0.1, 0.15) is 5.58 Å². The van der Waals surface area contributed by atoms with Crippen LogP contribution in [0.5, 0.6) is 0 Å². The molecule has 3 aromatic heterocycles. The minimum atomic E-state index is -0.390. The number of halogens is 3. The van der Waals surface area contributed by atoms with Gasteiger partial charge in [0, 0.05) is 27.9 Å². The van der Waals surface area contributed by atoms with Gasteiger partial charge in [0.2, 0.25) is 0 Å². The number of benzene rings is 1. The van der Waals surface area contributed by atoms with Crippen LogP contribution in [0.3, 0.4) is 0 Å². The predicted octanol–water partition coefficient (Wildman–Crippen LogP) is 5.20. The maximum atomic E-state index is 11.8. The van der Waals surface area contributed by atoms with E-state index in [-0.39, 0.29) is 0 Å². The third kappa shape index (κ3) is 3.29. The van der Waals surface area contributed by atoms with E-state index in [0.717, 1.165) is 15.4 Å². The first-order valence-electron chi connectivity index (χ1n) is 7.06. The summed E-state index contributed by atoms with van der Waals surface area (Å²) < 4.78 is 7.84. The van der Waals surface area contributed by atoms with Crippen LogP contribution in [0.25, 0.3) is 16.6 Å². The molecule has 0 aliphatic rings. The van der Waals surface area contributed by atoms with Gasteiger partial charge in [-0.05, 0) is 29.8 Å². The fourth-order valence-corrected chi connectivity index (χ4v) is 4.22. The van der Waals surface area contributed by atoms with Crippen molar-refractivity contribution < 1.29 is 4.42 Å². The molecule has 4 rings (SSSR count). The zero-order valence-corrected chi connectivity index (χ0v) is 16.3. The van der Waals surface area contributed by atoms with E-state index in [0.29, 0.717) is 32.2 Å². The summed E-state index contributed by atoms with van der Waals surface area (Å²) in [7, 11) is 0. The van der Waals surface area contributed by atoms with E-state index in [2.05, 4.69) is 26.1 Å². The van der Waals surface area contributed by atoms with E-state index in [9.17, 15) is 4.79 Å². The lowest BCUT2D eigenvalue weighted by Crippen LogP contribution is -2.00. The summed E-state index contributed by atoms with van der Waals surface area (Å²) in [6.07, 6.45) is 1.71. The molecule has 0 amide bonds. The van der Waals surface area contributed by atoms with Crippen molar-refractivity contribution in [3.63, 3.8) is 0 Å². The van der Waals surface area contributed by atoms with E-state index in [1.807, 2.05) is 12.1 Å². The minimum Gasteiger partial charge on any atom is -0.423 e. The lowest BCUT2D eigenvalue weighted by Gasteiger charge is -2.05. The molecule has 0 spiro atoms. The van der Waals surface area contributed by atoms with Gasteiger partial charge < -0.3 is 4.42 Å². The monoisotopic (exact) mass is 455 g/mol. The Balaban J connectivity index is 1.73. The Labute approximate surface area is 164 Å². The SMILES string of the molecule is O=c1cc(CSc2nnc3c(Cl)cc(Cl)cn23)c2ccc(Br)cc2o1. The van der Waals surface area contributed by atoms with Crippen molar-refractivity contribution in [2.75, 3.05) is 0 Å². The smallest absolute Gasteiger partial charge is 0.336 e. The topological polar surface area (TPSA) is 60.4 Å². The Hall–Kier alpha value is -1.54. The first kappa shape index (κ1) is 16.9. The highest BCUT2D eigenvalue weighted by Gasteiger charge is 2.12. The van der Waals surface area contributed by atoms with E-state index < -0.39 is 5.63 Å². The molecule has 1 aromatic carbocycles. The van der Waals surface area contributed by atoms with Crippen molar-refractivity contribution in [2.24, 2.45) is 0 Å².